The van der Waals surface area contributed by atoms with Crippen LogP contribution >= 0.6 is 0 Å². The average molecular weight is 365 g/mol. The third kappa shape index (κ3) is 5.55. The summed E-state index contributed by atoms with van der Waals surface area (Å²) in [5.74, 6) is 0.199. The first-order chi connectivity index (χ1) is 13.3. The van der Waals surface area contributed by atoms with Crippen molar-refractivity contribution >= 4 is 5.91 Å². The predicted octanol–water partition coefficient (Wildman–Crippen LogP) is 2.13. The Kier molecular flexibility index (Phi) is 6.80. The number of nitrogens with one attached hydrogen (secondary N) is 1. The van der Waals surface area contributed by atoms with Crippen molar-refractivity contribution in [3.05, 3.63) is 65.7 Å². The van der Waals surface area contributed by atoms with Crippen LogP contribution in [0.3, 0.4) is 0 Å². The Labute approximate surface area is 159 Å². The number of amides is 1. The van der Waals surface area contributed by atoms with Gasteiger partial charge >= 0.3 is 0 Å². The van der Waals surface area contributed by atoms with E-state index in [9.17, 15) is 4.79 Å². The smallest absolute Gasteiger partial charge is 0.258 e. The number of benzene rings is 2. The lowest BCUT2D eigenvalue weighted by Gasteiger charge is -2.31. The van der Waals surface area contributed by atoms with Gasteiger partial charge in [0.2, 0.25) is 0 Å². The standard InChI is InChI=1S/C21H23N3O3/c22-14-18-8-4-5-9-20(18)27-16-21(25)23-19(17-6-2-1-3-7-17)15-24-10-12-26-13-11-24/h1-9,19H,10-13,15-16H2,(H,23,25)/t19-/m0/s1. The molecule has 6 nitrogen and oxygen atoms in total. The fourth-order valence-corrected chi connectivity index (χ4v) is 3.03. The van der Waals surface area contributed by atoms with E-state index >= 15 is 0 Å². The van der Waals surface area contributed by atoms with Crippen molar-refractivity contribution in [1.82, 2.24) is 10.2 Å². The van der Waals surface area contributed by atoms with Crippen LogP contribution in [0.1, 0.15) is 17.2 Å². The van der Waals surface area contributed by atoms with Gasteiger partial charge in [-0.3, -0.25) is 9.69 Å². The van der Waals surface area contributed by atoms with Gasteiger partial charge in [0.15, 0.2) is 6.61 Å². The lowest BCUT2D eigenvalue weighted by atomic mass is 10.1. The molecule has 2 aromatic rings. The molecule has 0 spiro atoms. The molecule has 2 aromatic carbocycles. The fraction of sp³-hybridized carbons (Fsp3) is 0.333. The Bertz CT molecular complexity index is 783. The molecule has 0 radical (unpaired) electrons. The quantitative estimate of drug-likeness (QED) is 0.814. The van der Waals surface area contributed by atoms with Gasteiger partial charge in [-0.1, -0.05) is 42.5 Å². The molecule has 1 saturated heterocycles. The van der Waals surface area contributed by atoms with Crippen LogP contribution in [0.5, 0.6) is 5.75 Å². The third-order valence-electron chi connectivity index (χ3n) is 4.45. The minimum atomic E-state index is -0.218. The minimum absolute atomic E-state index is 0.133. The first kappa shape index (κ1) is 18.9. The van der Waals surface area contributed by atoms with Crippen molar-refractivity contribution in [3.63, 3.8) is 0 Å². The lowest BCUT2D eigenvalue weighted by Crippen LogP contribution is -2.44. The number of nitriles is 1. The van der Waals surface area contributed by atoms with Crippen LogP contribution in [-0.2, 0) is 9.53 Å². The van der Waals surface area contributed by atoms with Gasteiger partial charge < -0.3 is 14.8 Å². The summed E-state index contributed by atoms with van der Waals surface area (Å²) in [5, 5.41) is 12.2. The van der Waals surface area contributed by atoms with Gasteiger partial charge in [0.25, 0.3) is 5.91 Å². The third-order valence-corrected chi connectivity index (χ3v) is 4.45. The number of para-hydroxylation sites is 1. The maximum atomic E-state index is 12.5. The van der Waals surface area contributed by atoms with Gasteiger partial charge in [-0.15, -0.1) is 0 Å². The van der Waals surface area contributed by atoms with E-state index in [0.29, 0.717) is 31.1 Å². The van der Waals surface area contributed by atoms with Crippen LogP contribution in [-0.4, -0.2) is 50.3 Å². The van der Waals surface area contributed by atoms with Crippen LogP contribution in [0.25, 0.3) is 0 Å². The van der Waals surface area contributed by atoms with E-state index in [0.717, 1.165) is 18.7 Å². The largest absolute Gasteiger partial charge is 0.482 e. The summed E-state index contributed by atoms with van der Waals surface area (Å²) in [6.07, 6.45) is 0. The molecule has 27 heavy (non-hydrogen) atoms. The Morgan fingerprint density at radius 1 is 1.15 bits per heavy atom. The minimum Gasteiger partial charge on any atom is -0.482 e. The predicted molar refractivity (Wildman–Crippen MR) is 101 cm³/mol. The molecule has 1 aliphatic rings. The molecule has 1 aliphatic heterocycles. The van der Waals surface area contributed by atoms with E-state index in [-0.39, 0.29) is 18.6 Å². The number of rotatable bonds is 7. The highest BCUT2D eigenvalue weighted by Gasteiger charge is 2.20. The van der Waals surface area contributed by atoms with Crippen LogP contribution in [0.4, 0.5) is 0 Å². The maximum Gasteiger partial charge on any atom is 0.258 e. The van der Waals surface area contributed by atoms with E-state index in [1.165, 1.54) is 0 Å². The van der Waals surface area contributed by atoms with Gasteiger partial charge in [-0.25, -0.2) is 0 Å². The lowest BCUT2D eigenvalue weighted by molar-refractivity contribution is -0.124. The summed E-state index contributed by atoms with van der Waals surface area (Å²) in [5.41, 5.74) is 1.47. The van der Waals surface area contributed by atoms with Crippen molar-refractivity contribution < 1.29 is 14.3 Å². The topological polar surface area (TPSA) is 74.6 Å². The summed E-state index contributed by atoms with van der Waals surface area (Å²) in [6.45, 7) is 3.71. The van der Waals surface area contributed by atoms with Crippen LogP contribution in [0.15, 0.2) is 54.6 Å². The highest BCUT2D eigenvalue weighted by molar-refractivity contribution is 5.78. The number of carbonyl (C=O) groups is 1. The van der Waals surface area contributed by atoms with E-state index in [1.54, 1.807) is 24.3 Å². The second kappa shape index (κ2) is 9.72. The van der Waals surface area contributed by atoms with Crippen LogP contribution in [0, 0.1) is 11.3 Å². The molecule has 0 aromatic heterocycles. The number of nitrogens with zero attached hydrogens (tertiary/aromatic N) is 2. The van der Waals surface area contributed by atoms with E-state index in [2.05, 4.69) is 16.3 Å². The fourth-order valence-electron chi connectivity index (χ4n) is 3.03. The maximum absolute atomic E-state index is 12.5. The van der Waals surface area contributed by atoms with Crippen molar-refractivity contribution in [1.29, 1.82) is 5.26 Å². The van der Waals surface area contributed by atoms with Gasteiger partial charge in [0.1, 0.15) is 11.8 Å². The van der Waals surface area contributed by atoms with Gasteiger partial charge in [0.05, 0.1) is 24.8 Å². The first-order valence-electron chi connectivity index (χ1n) is 9.02. The summed E-state index contributed by atoms with van der Waals surface area (Å²) < 4.78 is 11.0. The summed E-state index contributed by atoms with van der Waals surface area (Å²) in [4.78, 5) is 14.8. The molecule has 0 unspecified atom stereocenters. The molecule has 3 rings (SSSR count). The molecular formula is C21H23N3O3. The molecule has 1 atom stereocenters. The van der Waals surface area contributed by atoms with Gasteiger partial charge in [0, 0.05) is 19.6 Å². The number of hydrogen-bond donors (Lipinski definition) is 1. The van der Waals surface area contributed by atoms with Crippen LogP contribution < -0.4 is 10.1 Å². The number of hydrogen-bond acceptors (Lipinski definition) is 5. The Morgan fingerprint density at radius 3 is 2.59 bits per heavy atom. The molecule has 1 amide bonds. The van der Waals surface area contributed by atoms with Crippen molar-refractivity contribution in [2.45, 2.75) is 6.04 Å². The molecule has 6 heteroatoms. The highest BCUT2D eigenvalue weighted by Crippen LogP contribution is 2.17. The molecule has 0 aliphatic carbocycles. The van der Waals surface area contributed by atoms with Gasteiger partial charge in [-0.05, 0) is 17.7 Å². The molecule has 0 saturated carbocycles. The zero-order chi connectivity index (χ0) is 18.9. The summed E-state index contributed by atoms with van der Waals surface area (Å²) in [7, 11) is 0. The van der Waals surface area contributed by atoms with Gasteiger partial charge in [-0.2, -0.15) is 5.26 Å². The number of morpholine rings is 1. The van der Waals surface area contributed by atoms with E-state index in [1.807, 2.05) is 30.3 Å². The van der Waals surface area contributed by atoms with Crippen molar-refractivity contribution in [2.75, 3.05) is 39.5 Å². The monoisotopic (exact) mass is 365 g/mol. The van der Waals surface area contributed by atoms with E-state index < -0.39 is 0 Å². The zero-order valence-corrected chi connectivity index (χ0v) is 15.1. The second-order valence-corrected chi connectivity index (χ2v) is 6.34. The molecule has 1 N–H and O–H groups in total. The molecule has 0 bridgehead atoms. The first-order valence-corrected chi connectivity index (χ1v) is 9.02. The normalized spacial score (nSPS) is 15.5. The molecular weight excluding hydrogens is 342 g/mol. The van der Waals surface area contributed by atoms with Crippen LogP contribution in [0.2, 0.25) is 0 Å². The molecule has 1 heterocycles. The Hall–Kier alpha value is -2.88. The average Bonchev–Trinajstić information content (AvgIpc) is 2.73. The Morgan fingerprint density at radius 2 is 1.85 bits per heavy atom. The number of ether oxygens (including phenoxy) is 2. The van der Waals surface area contributed by atoms with E-state index in [4.69, 9.17) is 14.7 Å². The summed E-state index contributed by atoms with van der Waals surface area (Å²) in [6, 6.07) is 18.7. The van der Waals surface area contributed by atoms with Crippen molar-refractivity contribution in [2.24, 2.45) is 0 Å². The SMILES string of the molecule is N#Cc1ccccc1OCC(=O)N[C@@H](CN1CCOCC1)c1ccccc1. The molecule has 140 valence electrons. The summed E-state index contributed by atoms with van der Waals surface area (Å²) >= 11 is 0. The highest BCUT2D eigenvalue weighted by atomic mass is 16.5. The molecule has 1 fully saturated rings. The second-order valence-electron chi connectivity index (χ2n) is 6.34. The van der Waals surface area contributed by atoms with Crippen molar-refractivity contribution in [3.8, 4) is 11.8 Å². The zero-order valence-electron chi connectivity index (χ0n) is 15.1. The number of carbonyl (C=O) groups excluding carboxylic acids is 1. The Balaban J connectivity index is 1.62.